The Morgan fingerprint density at radius 2 is 1.83 bits per heavy atom. The molecule has 0 saturated carbocycles. The van der Waals surface area contributed by atoms with Gasteiger partial charge in [-0.25, -0.2) is 0 Å². The van der Waals surface area contributed by atoms with E-state index in [1.807, 2.05) is 49.4 Å². The van der Waals surface area contributed by atoms with Crippen LogP contribution in [0.3, 0.4) is 0 Å². The molecule has 3 aromatic rings. The SMILES string of the molecule is Cc1ccc(NC(=O)c2cc(-c3ccccc3Cl)nn2C)cc1. The zero-order valence-corrected chi connectivity index (χ0v) is 13.6. The summed E-state index contributed by atoms with van der Waals surface area (Å²) in [5, 5.41) is 7.87. The van der Waals surface area contributed by atoms with Crippen LogP contribution in [0.25, 0.3) is 11.3 Å². The third-order valence-electron chi connectivity index (χ3n) is 3.57. The molecule has 0 aliphatic rings. The molecule has 0 bridgehead atoms. The summed E-state index contributed by atoms with van der Waals surface area (Å²) < 4.78 is 1.56. The van der Waals surface area contributed by atoms with Crippen LogP contribution in [0.2, 0.25) is 5.02 Å². The Hall–Kier alpha value is -2.59. The van der Waals surface area contributed by atoms with Gasteiger partial charge in [0.15, 0.2) is 0 Å². The third kappa shape index (κ3) is 3.27. The predicted octanol–water partition coefficient (Wildman–Crippen LogP) is 4.30. The van der Waals surface area contributed by atoms with Crippen LogP contribution in [-0.2, 0) is 7.05 Å². The summed E-state index contributed by atoms with van der Waals surface area (Å²) in [6.45, 7) is 2.00. The van der Waals surface area contributed by atoms with Gasteiger partial charge in [-0.3, -0.25) is 9.48 Å². The molecular weight excluding hydrogens is 310 g/mol. The first-order valence-corrected chi connectivity index (χ1v) is 7.59. The van der Waals surface area contributed by atoms with Gasteiger partial charge in [0.25, 0.3) is 5.91 Å². The van der Waals surface area contributed by atoms with E-state index < -0.39 is 0 Å². The van der Waals surface area contributed by atoms with Crippen molar-refractivity contribution in [3.05, 3.63) is 70.9 Å². The van der Waals surface area contributed by atoms with Crippen molar-refractivity contribution < 1.29 is 4.79 Å². The first-order chi connectivity index (χ1) is 11.0. The summed E-state index contributed by atoms with van der Waals surface area (Å²) in [4.78, 5) is 12.4. The van der Waals surface area contributed by atoms with E-state index in [-0.39, 0.29) is 5.91 Å². The Balaban J connectivity index is 1.87. The molecule has 23 heavy (non-hydrogen) atoms. The third-order valence-corrected chi connectivity index (χ3v) is 3.90. The average Bonchev–Trinajstić information content (AvgIpc) is 2.92. The quantitative estimate of drug-likeness (QED) is 0.780. The average molecular weight is 326 g/mol. The van der Waals surface area contributed by atoms with Gasteiger partial charge in [-0.2, -0.15) is 5.10 Å². The molecule has 0 aliphatic heterocycles. The summed E-state index contributed by atoms with van der Waals surface area (Å²) in [5.74, 6) is -0.206. The molecule has 0 aliphatic carbocycles. The van der Waals surface area contributed by atoms with Crippen molar-refractivity contribution in [1.82, 2.24) is 9.78 Å². The van der Waals surface area contributed by atoms with E-state index in [2.05, 4.69) is 10.4 Å². The molecular formula is C18H16ClN3O. The molecule has 5 heteroatoms. The molecule has 1 amide bonds. The van der Waals surface area contributed by atoms with E-state index in [9.17, 15) is 4.79 Å². The van der Waals surface area contributed by atoms with E-state index in [1.54, 1.807) is 23.9 Å². The lowest BCUT2D eigenvalue weighted by Crippen LogP contribution is -2.15. The number of halogens is 1. The molecule has 0 radical (unpaired) electrons. The van der Waals surface area contributed by atoms with Gasteiger partial charge in [0.2, 0.25) is 0 Å². The van der Waals surface area contributed by atoms with Crippen LogP contribution in [0.15, 0.2) is 54.6 Å². The number of carbonyl (C=O) groups is 1. The molecule has 0 saturated heterocycles. The van der Waals surface area contributed by atoms with Crippen LogP contribution >= 0.6 is 11.6 Å². The monoisotopic (exact) mass is 325 g/mol. The maximum absolute atomic E-state index is 12.4. The van der Waals surface area contributed by atoms with Crippen LogP contribution in [0.5, 0.6) is 0 Å². The molecule has 0 fully saturated rings. The lowest BCUT2D eigenvalue weighted by atomic mass is 10.1. The van der Waals surface area contributed by atoms with E-state index >= 15 is 0 Å². The highest BCUT2D eigenvalue weighted by Gasteiger charge is 2.15. The predicted molar refractivity (Wildman–Crippen MR) is 92.8 cm³/mol. The minimum atomic E-state index is -0.206. The second-order valence-corrected chi connectivity index (χ2v) is 5.75. The molecule has 3 rings (SSSR count). The molecule has 116 valence electrons. The molecule has 4 nitrogen and oxygen atoms in total. The number of amides is 1. The van der Waals surface area contributed by atoms with Gasteiger partial charge in [0.05, 0.1) is 10.7 Å². The number of carbonyl (C=O) groups excluding carboxylic acids is 1. The maximum Gasteiger partial charge on any atom is 0.273 e. The van der Waals surface area contributed by atoms with Crippen molar-refractivity contribution in [2.75, 3.05) is 5.32 Å². The number of aryl methyl sites for hydroxylation is 2. The lowest BCUT2D eigenvalue weighted by Gasteiger charge is -2.05. The summed E-state index contributed by atoms with van der Waals surface area (Å²) in [7, 11) is 1.74. The first kappa shape index (κ1) is 15.3. The normalized spacial score (nSPS) is 10.6. The fraction of sp³-hybridized carbons (Fsp3) is 0.111. The highest BCUT2D eigenvalue weighted by atomic mass is 35.5. The molecule has 2 aromatic carbocycles. The van der Waals surface area contributed by atoms with Gasteiger partial charge in [-0.15, -0.1) is 0 Å². The van der Waals surface area contributed by atoms with Crippen molar-refractivity contribution in [1.29, 1.82) is 0 Å². The summed E-state index contributed by atoms with van der Waals surface area (Å²) in [5.41, 5.74) is 3.84. The molecule has 1 heterocycles. The number of aromatic nitrogens is 2. The first-order valence-electron chi connectivity index (χ1n) is 7.21. The molecule has 0 unspecified atom stereocenters. The number of nitrogens with one attached hydrogen (secondary N) is 1. The minimum Gasteiger partial charge on any atom is -0.321 e. The number of hydrogen-bond acceptors (Lipinski definition) is 2. The van der Waals surface area contributed by atoms with Crippen molar-refractivity contribution in [3.63, 3.8) is 0 Å². The molecule has 0 spiro atoms. The van der Waals surface area contributed by atoms with E-state index in [1.165, 1.54) is 0 Å². The fourth-order valence-electron chi connectivity index (χ4n) is 2.31. The number of hydrogen-bond donors (Lipinski definition) is 1. The number of nitrogens with zero attached hydrogens (tertiary/aromatic N) is 2. The number of rotatable bonds is 3. The van der Waals surface area contributed by atoms with E-state index in [0.717, 1.165) is 16.8 Å². The zero-order chi connectivity index (χ0) is 16.4. The second-order valence-electron chi connectivity index (χ2n) is 5.34. The largest absolute Gasteiger partial charge is 0.321 e. The minimum absolute atomic E-state index is 0.206. The van der Waals surface area contributed by atoms with Crippen LogP contribution in [0.1, 0.15) is 16.1 Å². The summed E-state index contributed by atoms with van der Waals surface area (Å²) in [6, 6.07) is 16.8. The number of benzene rings is 2. The molecule has 1 aromatic heterocycles. The van der Waals surface area contributed by atoms with Crippen LogP contribution in [-0.4, -0.2) is 15.7 Å². The van der Waals surface area contributed by atoms with Gasteiger partial charge in [-0.1, -0.05) is 47.5 Å². The maximum atomic E-state index is 12.4. The molecule has 1 N–H and O–H groups in total. The summed E-state index contributed by atoms with van der Waals surface area (Å²) >= 11 is 6.19. The Bertz CT molecular complexity index is 853. The smallest absolute Gasteiger partial charge is 0.273 e. The Morgan fingerprint density at radius 3 is 2.52 bits per heavy atom. The number of anilines is 1. The van der Waals surface area contributed by atoms with Crippen LogP contribution < -0.4 is 5.32 Å². The Morgan fingerprint density at radius 1 is 1.13 bits per heavy atom. The summed E-state index contributed by atoms with van der Waals surface area (Å²) in [6.07, 6.45) is 0. The topological polar surface area (TPSA) is 46.9 Å². The van der Waals surface area contributed by atoms with Crippen molar-refractivity contribution in [2.24, 2.45) is 7.05 Å². The Labute approximate surface area is 139 Å². The van der Waals surface area contributed by atoms with Gasteiger partial charge in [0, 0.05) is 18.3 Å². The highest BCUT2D eigenvalue weighted by molar-refractivity contribution is 6.33. The van der Waals surface area contributed by atoms with Crippen molar-refractivity contribution in [2.45, 2.75) is 6.92 Å². The zero-order valence-electron chi connectivity index (χ0n) is 12.9. The van der Waals surface area contributed by atoms with Gasteiger partial charge in [0.1, 0.15) is 5.69 Å². The fourth-order valence-corrected chi connectivity index (χ4v) is 2.54. The van der Waals surface area contributed by atoms with Gasteiger partial charge >= 0.3 is 0 Å². The van der Waals surface area contributed by atoms with Crippen LogP contribution in [0, 0.1) is 6.92 Å². The van der Waals surface area contributed by atoms with Gasteiger partial charge < -0.3 is 5.32 Å². The van der Waals surface area contributed by atoms with Crippen molar-refractivity contribution in [3.8, 4) is 11.3 Å². The van der Waals surface area contributed by atoms with Crippen molar-refractivity contribution >= 4 is 23.2 Å². The second kappa shape index (κ2) is 6.26. The van der Waals surface area contributed by atoms with Crippen LogP contribution in [0.4, 0.5) is 5.69 Å². The standard InChI is InChI=1S/C18H16ClN3O/c1-12-7-9-13(10-8-12)20-18(23)17-11-16(21-22(17)2)14-5-3-4-6-15(14)19/h3-11H,1-2H3,(H,20,23). The van der Waals surface area contributed by atoms with Gasteiger partial charge in [-0.05, 0) is 31.2 Å². The lowest BCUT2D eigenvalue weighted by molar-refractivity contribution is 0.101. The molecule has 0 atom stereocenters. The Kier molecular flexibility index (Phi) is 4.17. The van der Waals surface area contributed by atoms with E-state index in [0.29, 0.717) is 16.4 Å². The highest BCUT2D eigenvalue weighted by Crippen LogP contribution is 2.27. The van der Waals surface area contributed by atoms with E-state index in [4.69, 9.17) is 11.6 Å².